The van der Waals surface area contributed by atoms with Crippen molar-refractivity contribution in [2.45, 2.75) is 38.8 Å². The zero-order valence-electron chi connectivity index (χ0n) is 13.4. The predicted octanol–water partition coefficient (Wildman–Crippen LogP) is 2.85. The van der Waals surface area contributed by atoms with Gasteiger partial charge < -0.3 is 10.4 Å². The Bertz CT molecular complexity index is 674. The molecule has 122 valence electrons. The van der Waals surface area contributed by atoms with Crippen LogP contribution in [0.25, 0.3) is 5.69 Å². The van der Waals surface area contributed by atoms with Gasteiger partial charge in [0.15, 0.2) is 5.82 Å². The number of carbonyl (C=O) groups is 1. The molecule has 6 nitrogen and oxygen atoms in total. The van der Waals surface area contributed by atoms with E-state index in [1.54, 1.807) is 23.9 Å². The molecule has 0 aliphatic heterocycles. The first-order valence-electron chi connectivity index (χ1n) is 7.94. The molecule has 2 aromatic rings. The summed E-state index contributed by atoms with van der Waals surface area (Å²) >= 11 is 0. The summed E-state index contributed by atoms with van der Waals surface area (Å²) in [6.45, 7) is 3.76. The van der Waals surface area contributed by atoms with Crippen molar-refractivity contribution in [1.29, 1.82) is 0 Å². The third-order valence-electron chi connectivity index (χ3n) is 4.16. The second-order valence-electron chi connectivity index (χ2n) is 6.14. The summed E-state index contributed by atoms with van der Waals surface area (Å²) in [5, 5.41) is 19.6. The number of hydrogen-bond donors (Lipinski definition) is 3. The smallest absolute Gasteiger partial charge is 0.320 e. The van der Waals surface area contributed by atoms with E-state index in [1.165, 1.54) is 12.8 Å². The molecule has 1 aromatic heterocycles. The maximum absolute atomic E-state index is 11.9. The molecular weight excluding hydrogens is 292 g/mol. The lowest BCUT2D eigenvalue weighted by Crippen LogP contribution is -2.37. The lowest BCUT2D eigenvalue weighted by Gasteiger charge is -2.12. The van der Waals surface area contributed by atoms with Crippen molar-refractivity contribution in [3.63, 3.8) is 0 Å². The molecule has 1 aliphatic rings. The fourth-order valence-corrected chi connectivity index (χ4v) is 2.51. The van der Waals surface area contributed by atoms with Crippen LogP contribution in [0.2, 0.25) is 0 Å². The molecule has 23 heavy (non-hydrogen) atoms. The fraction of sp³-hybridized carbons (Fsp3) is 0.412. The van der Waals surface area contributed by atoms with Crippen LogP contribution in [0.1, 0.15) is 38.4 Å². The van der Waals surface area contributed by atoms with Crippen LogP contribution < -0.4 is 10.6 Å². The van der Waals surface area contributed by atoms with Gasteiger partial charge in [-0.25, -0.2) is 9.48 Å². The Morgan fingerprint density at radius 2 is 1.96 bits per heavy atom. The van der Waals surface area contributed by atoms with E-state index in [9.17, 15) is 9.90 Å². The van der Waals surface area contributed by atoms with Gasteiger partial charge in [0, 0.05) is 18.3 Å². The lowest BCUT2D eigenvalue weighted by atomic mass is 10.1. The molecule has 3 rings (SSSR count). The first-order chi connectivity index (χ1) is 11.0. The summed E-state index contributed by atoms with van der Waals surface area (Å²) in [6, 6.07) is 9.22. The molecule has 1 heterocycles. The lowest BCUT2D eigenvalue weighted by molar-refractivity contribution is 0.199. The molecule has 0 saturated heterocycles. The summed E-state index contributed by atoms with van der Waals surface area (Å²) in [7, 11) is 0. The molecule has 0 bridgehead atoms. The summed E-state index contributed by atoms with van der Waals surface area (Å²) in [5.74, 6) is 1.12. The minimum atomic E-state index is -0.490. The number of aliphatic hydroxyl groups is 1. The molecule has 1 aromatic carbocycles. The number of nitrogens with one attached hydrogen (secondary N) is 2. The number of nitrogens with zero attached hydrogens (tertiary/aromatic N) is 2. The number of aliphatic hydroxyl groups excluding tert-OH is 1. The topological polar surface area (TPSA) is 79.2 Å². The number of carbonyl (C=O) groups excluding carboxylic acids is 1. The van der Waals surface area contributed by atoms with Crippen molar-refractivity contribution in [3.05, 3.63) is 42.1 Å². The molecule has 1 aliphatic carbocycles. The Balaban J connectivity index is 1.61. The average molecular weight is 314 g/mol. The van der Waals surface area contributed by atoms with Crippen LogP contribution in [-0.2, 0) is 0 Å². The third kappa shape index (κ3) is 3.90. The summed E-state index contributed by atoms with van der Waals surface area (Å²) in [4.78, 5) is 11.9. The Morgan fingerprint density at radius 3 is 2.57 bits per heavy atom. The number of rotatable bonds is 5. The zero-order chi connectivity index (χ0) is 16.4. The molecule has 0 radical (unpaired) electrons. The summed E-state index contributed by atoms with van der Waals surface area (Å²) in [6.07, 6.45) is 3.69. The standard InChI is InChI=1S/C17H22N4O2/c1-11(13-3-4-13)18-17(23)19-16-9-10-21(20-16)15-7-5-14(6-8-15)12(2)22/h5-13,22H,3-4H2,1-2H3,(H2,18,19,20,23)/t11-,12?/m0/s1. The van der Waals surface area contributed by atoms with Crippen LogP contribution in [0.4, 0.5) is 10.6 Å². The van der Waals surface area contributed by atoms with Crippen molar-refractivity contribution in [2.24, 2.45) is 5.92 Å². The molecule has 2 atom stereocenters. The predicted molar refractivity (Wildman–Crippen MR) is 88.5 cm³/mol. The van der Waals surface area contributed by atoms with Gasteiger partial charge in [0.1, 0.15) is 0 Å². The third-order valence-corrected chi connectivity index (χ3v) is 4.16. The van der Waals surface area contributed by atoms with Gasteiger partial charge in [0.05, 0.1) is 11.8 Å². The number of urea groups is 1. The van der Waals surface area contributed by atoms with Gasteiger partial charge in [-0.3, -0.25) is 5.32 Å². The second-order valence-corrected chi connectivity index (χ2v) is 6.14. The number of benzene rings is 1. The molecular formula is C17H22N4O2. The van der Waals surface area contributed by atoms with Crippen LogP contribution in [-0.4, -0.2) is 27.0 Å². The summed E-state index contributed by atoms with van der Waals surface area (Å²) < 4.78 is 1.69. The minimum absolute atomic E-state index is 0.199. The SMILES string of the molecule is CC(O)c1ccc(-n2ccc(NC(=O)N[C@@H](C)C3CC3)n2)cc1. The highest BCUT2D eigenvalue weighted by atomic mass is 16.3. The summed E-state index contributed by atoms with van der Waals surface area (Å²) in [5.41, 5.74) is 1.72. The molecule has 6 heteroatoms. The zero-order valence-corrected chi connectivity index (χ0v) is 13.4. The first kappa shape index (κ1) is 15.6. The number of hydrogen-bond acceptors (Lipinski definition) is 3. The van der Waals surface area contributed by atoms with Crippen molar-refractivity contribution < 1.29 is 9.90 Å². The largest absolute Gasteiger partial charge is 0.389 e. The highest BCUT2D eigenvalue weighted by Crippen LogP contribution is 2.32. The van der Waals surface area contributed by atoms with Gasteiger partial charge in [-0.2, -0.15) is 0 Å². The van der Waals surface area contributed by atoms with E-state index in [-0.39, 0.29) is 12.1 Å². The minimum Gasteiger partial charge on any atom is -0.389 e. The molecule has 3 N–H and O–H groups in total. The molecule has 1 saturated carbocycles. The molecule has 0 spiro atoms. The van der Waals surface area contributed by atoms with Crippen LogP contribution in [0.5, 0.6) is 0 Å². The monoisotopic (exact) mass is 314 g/mol. The molecule has 1 fully saturated rings. The van der Waals surface area contributed by atoms with Crippen LogP contribution in [0.3, 0.4) is 0 Å². The maximum atomic E-state index is 11.9. The Kier molecular flexibility index (Phi) is 4.34. The van der Waals surface area contributed by atoms with E-state index >= 15 is 0 Å². The Labute approximate surface area is 135 Å². The van der Waals surface area contributed by atoms with E-state index in [0.29, 0.717) is 11.7 Å². The number of aromatic nitrogens is 2. The van der Waals surface area contributed by atoms with Crippen molar-refractivity contribution in [3.8, 4) is 5.69 Å². The van der Waals surface area contributed by atoms with Crippen molar-refractivity contribution >= 4 is 11.8 Å². The van der Waals surface area contributed by atoms with E-state index in [0.717, 1.165) is 11.3 Å². The van der Waals surface area contributed by atoms with E-state index in [1.807, 2.05) is 31.2 Å². The highest BCUT2D eigenvalue weighted by Gasteiger charge is 2.28. The van der Waals surface area contributed by atoms with Crippen LogP contribution >= 0.6 is 0 Å². The van der Waals surface area contributed by atoms with Gasteiger partial charge >= 0.3 is 6.03 Å². The number of amides is 2. The Morgan fingerprint density at radius 1 is 1.26 bits per heavy atom. The number of anilines is 1. The van der Waals surface area contributed by atoms with E-state index < -0.39 is 6.10 Å². The fourth-order valence-electron chi connectivity index (χ4n) is 2.51. The second kappa shape index (κ2) is 6.42. The Hall–Kier alpha value is -2.34. The normalized spacial score (nSPS) is 16.7. The van der Waals surface area contributed by atoms with Gasteiger partial charge in [-0.1, -0.05) is 12.1 Å². The highest BCUT2D eigenvalue weighted by molar-refractivity contribution is 5.88. The molecule has 2 amide bonds. The van der Waals surface area contributed by atoms with E-state index in [4.69, 9.17) is 0 Å². The van der Waals surface area contributed by atoms with E-state index in [2.05, 4.69) is 15.7 Å². The van der Waals surface area contributed by atoms with Gasteiger partial charge in [0.2, 0.25) is 0 Å². The maximum Gasteiger partial charge on any atom is 0.320 e. The van der Waals surface area contributed by atoms with Gasteiger partial charge in [0.25, 0.3) is 0 Å². The van der Waals surface area contributed by atoms with Crippen LogP contribution in [0.15, 0.2) is 36.5 Å². The quantitative estimate of drug-likeness (QED) is 0.794. The van der Waals surface area contributed by atoms with Gasteiger partial charge in [-0.15, -0.1) is 5.10 Å². The first-order valence-corrected chi connectivity index (χ1v) is 7.94. The van der Waals surface area contributed by atoms with Crippen LogP contribution in [0, 0.1) is 5.92 Å². The van der Waals surface area contributed by atoms with Crippen molar-refractivity contribution in [2.75, 3.05) is 5.32 Å². The van der Waals surface area contributed by atoms with Crippen molar-refractivity contribution in [1.82, 2.24) is 15.1 Å². The average Bonchev–Trinajstić information content (AvgIpc) is 3.28. The van der Waals surface area contributed by atoms with Gasteiger partial charge in [-0.05, 0) is 50.3 Å². The molecule has 1 unspecified atom stereocenters.